The number of hydrogen-bond acceptors (Lipinski definition) is 4. The van der Waals surface area contributed by atoms with Crippen LogP contribution in [0.4, 0.5) is 0 Å². The summed E-state index contributed by atoms with van der Waals surface area (Å²) in [4.78, 5) is 4.57. The molecule has 0 aliphatic carbocycles. The Bertz CT molecular complexity index is 449. The largest absolute Gasteiger partial charge is 0.357 e. The molecule has 112 valence electrons. The van der Waals surface area contributed by atoms with Crippen LogP contribution in [0.2, 0.25) is 0 Å². The zero-order valence-electron chi connectivity index (χ0n) is 12.5. The van der Waals surface area contributed by atoms with Gasteiger partial charge in [-0.05, 0) is 32.4 Å². The van der Waals surface area contributed by atoms with E-state index in [4.69, 9.17) is 0 Å². The van der Waals surface area contributed by atoms with Gasteiger partial charge in [-0.3, -0.25) is 0 Å². The fourth-order valence-electron chi connectivity index (χ4n) is 2.19. The molecule has 0 radical (unpaired) electrons. The molecule has 1 aliphatic heterocycles. The summed E-state index contributed by atoms with van der Waals surface area (Å²) in [6.45, 7) is 6.74. The molecule has 7 heteroatoms. The zero-order valence-corrected chi connectivity index (χ0v) is 13.3. The summed E-state index contributed by atoms with van der Waals surface area (Å²) in [5, 5.41) is 14.6. The van der Waals surface area contributed by atoms with Crippen molar-refractivity contribution in [2.45, 2.75) is 38.0 Å². The lowest BCUT2D eigenvalue weighted by molar-refractivity contribution is 0.584. The van der Waals surface area contributed by atoms with Gasteiger partial charge < -0.3 is 15.2 Å². The lowest BCUT2D eigenvalue weighted by Gasteiger charge is -2.24. The van der Waals surface area contributed by atoms with E-state index in [1.165, 1.54) is 18.6 Å². The molecule has 1 aliphatic rings. The summed E-state index contributed by atoms with van der Waals surface area (Å²) in [5.74, 6) is 2.98. The van der Waals surface area contributed by atoms with E-state index in [1.807, 2.05) is 11.6 Å². The van der Waals surface area contributed by atoms with Crippen LogP contribution < -0.4 is 10.6 Å². The second kappa shape index (κ2) is 6.97. The Kier molecular flexibility index (Phi) is 5.28. The first kappa shape index (κ1) is 15.2. The minimum Gasteiger partial charge on any atom is -0.357 e. The smallest absolute Gasteiger partial charge is 0.191 e. The van der Waals surface area contributed by atoms with Crippen molar-refractivity contribution in [3.63, 3.8) is 0 Å². The van der Waals surface area contributed by atoms with Crippen molar-refractivity contribution in [3.05, 3.63) is 12.2 Å². The molecular formula is C13H24N6S. The highest BCUT2D eigenvalue weighted by Gasteiger charge is 2.29. The van der Waals surface area contributed by atoms with E-state index in [9.17, 15) is 0 Å². The highest BCUT2D eigenvalue weighted by Crippen LogP contribution is 2.36. The van der Waals surface area contributed by atoms with Gasteiger partial charge in [0.2, 0.25) is 0 Å². The molecule has 0 saturated carbocycles. The van der Waals surface area contributed by atoms with Crippen molar-refractivity contribution in [1.82, 2.24) is 25.4 Å². The predicted molar refractivity (Wildman–Crippen MR) is 83.9 cm³/mol. The van der Waals surface area contributed by atoms with E-state index in [0.29, 0.717) is 11.3 Å². The molecule has 6 nitrogen and oxygen atoms in total. The van der Waals surface area contributed by atoms with Gasteiger partial charge in [-0.1, -0.05) is 0 Å². The standard InChI is InChI=1S/C13H24N6S/c1-4-14-12(15-8-11-18-17-10-19(11)3)16-9-13(2)6-5-7-20-13/h10H,4-9H2,1-3H3,(H2,14,15,16). The molecule has 20 heavy (non-hydrogen) atoms. The Morgan fingerprint density at radius 2 is 2.40 bits per heavy atom. The summed E-state index contributed by atoms with van der Waals surface area (Å²) >= 11 is 2.05. The van der Waals surface area contributed by atoms with E-state index >= 15 is 0 Å². The van der Waals surface area contributed by atoms with Crippen LogP contribution in [0.3, 0.4) is 0 Å². The van der Waals surface area contributed by atoms with Crippen LogP contribution >= 0.6 is 11.8 Å². The molecule has 1 aromatic rings. The van der Waals surface area contributed by atoms with Crippen LogP contribution in [0.1, 0.15) is 32.5 Å². The summed E-state index contributed by atoms with van der Waals surface area (Å²) < 4.78 is 2.22. The van der Waals surface area contributed by atoms with Gasteiger partial charge in [0, 0.05) is 24.9 Å². The third kappa shape index (κ3) is 4.13. The van der Waals surface area contributed by atoms with Crippen LogP contribution in [-0.4, -0.2) is 44.3 Å². The topological polar surface area (TPSA) is 67.1 Å². The molecule has 1 fully saturated rings. The molecule has 2 N–H and O–H groups in total. The Labute approximate surface area is 124 Å². The lowest BCUT2D eigenvalue weighted by atomic mass is 10.1. The molecule has 1 saturated heterocycles. The van der Waals surface area contributed by atoms with Gasteiger partial charge in [0.15, 0.2) is 11.8 Å². The van der Waals surface area contributed by atoms with Crippen LogP contribution in [0, 0.1) is 0 Å². The maximum absolute atomic E-state index is 4.57. The second-order valence-corrected chi connectivity index (χ2v) is 6.99. The monoisotopic (exact) mass is 296 g/mol. The van der Waals surface area contributed by atoms with Crippen molar-refractivity contribution in [1.29, 1.82) is 0 Å². The number of nitrogens with one attached hydrogen (secondary N) is 2. The SMILES string of the molecule is CCNC(=NCc1nncn1C)NCC1(C)CCCS1. The normalized spacial score (nSPS) is 23.1. The van der Waals surface area contributed by atoms with Crippen molar-refractivity contribution in [2.24, 2.45) is 12.0 Å². The van der Waals surface area contributed by atoms with Crippen LogP contribution in [0.5, 0.6) is 0 Å². The third-order valence-corrected chi connectivity index (χ3v) is 5.00. The maximum Gasteiger partial charge on any atom is 0.191 e. The van der Waals surface area contributed by atoms with Crippen molar-refractivity contribution in [2.75, 3.05) is 18.8 Å². The number of rotatable bonds is 5. The van der Waals surface area contributed by atoms with E-state index in [1.54, 1.807) is 6.33 Å². The summed E-state index contributed by atoms with van der Waals surface area (Å²) in [7, 11) is 1.93. The molecule has 1 unspecified atom stereocenters. The lowest BCUT2D eigenvalue weighted by Crippen LogP contribution is -2.43. The maximum atomic E-state index is 4.57. The minimum absolute atomic E-state index is 0.334. The number of aliphatic imine (C=N–C) groups is 1. The molecule has 0 spiro atoms. The third-order valence-electron chi connectivity index (χ3n) is 3.46. The number of aromatic nitrogens is 3. The molecule has 0 aromatic carbocycles. The average Bonchev–Trinajstić information content (AvgIpc) is 3.03. The van der Waals surface area contributed by atoms with Gasteiger partial charge >= 0.3 is 0 Å². The van der Waals surface area contributed by atoms with E-state index in [0.717, 1.165) is 24.9 Å². The van der Waals surface area contributed by atoms with Crippen molar-refractivity contribution >= 4 is 17.7 Å². The molecule has 0 amide bonds. The highest BCUT2D eigenvalue weighted by atomic mass is 32.2. The van der Waals surface area contributed by atoms with E-state index < -0.39 is 0 Å². The van der Waals surface area contributed by atoms with Crippen LogP contribution in [-0.2, 0) is 13.6 Å². The molecule has 1 atom stereocenters. The zero-order chi connectivity index (χ0) is 14.4. The van der Waals surface area contributed by atoms with Gasteiger partial charge in [0.05, 0.1) is 0 Å². The Balaban J connectivity index is 1.90. The number of guanidine groups is 1. The molecule has 1 aromatic heterocycles. The Hall–Kier alpha value is -1.24. The van der Waals surface area contributed by atoms with Gasteiger partial charge in [0.25, 0.3) is 0 Å². The number of aryl methyl sites for hydroxylation is 1. The van der Waals surface area contributed by atoms with Crippen LogP contribution in [0.25, 0.3) is 0 Å². The molecular weight excluding hydrogens is 272 g/mol. The first-order valence-electron chi connectivity index (χ1n) is 7.12. The van der Waals surface area contributed by atoms with Crippen molar-refractivity contribution < 1.29 is 0 Å². The molecule has 2 rings (SSSR count). The van der Waals surface area contributed by atoms with E-state index in [2.05, 4.69) is 51.4 Å². The Morgan fingerprint density at radius 1 is 1.55 bits per heavy atom. The van der Waals surface area contributed by atoms with Gasteiger partial charge in [-0.15, -0.1) is 10.2 Å². The summed E-state index contributed by atoms with van der Waals surface area (Å²) in [5.41, 5.74) is 0. The molecule has 0 bridgehead atoms. The fraction of sp³-hybridized carbons (Fsp3) is 0.769. The summed E-state index contributed by atoms with van der Waals surface area (Å²) in [6.07, 6.45) is 4.28. The quantitative estimate of drug-likeness (QED) is 0.630. The minimum atomic E-state index is 0.334. The first-order valence-corrected chi connectivity index (χ1v) is 8.10. The average molecular weight is 296 g/mol. The van der Waals surface area contributed by atoms with Crippen LogP contribution in [0.15, 0.2) is 11.3 Å². The van der Waals surface area contributed by atoms with E-state index in [-0.39, 0.29) is 0 Å². The predicted octanol–water partition coefficient (Wildman–Crippen LogP) is 1.16. The Morgan fingerprint density at radius 3 is 3.00 bits per heavy atom. The number of nitrogens with zero attached hydrogens (tertiary/aromatic N) is 4. The fourth-order valence-corrected chi connectivity index (χ4v) is 3.43. The molecule has 2 heterocycles. The highest BCUT2D eigenvalue weighted by molar-refractivity contribution is 8.00. The van der Waals surface area contributed by atoms with Gasteiger partial charge in [-0.2, -0.15) is 11.8 Å². The van der Waals surface area contributed by atoms with Gasteiger partial charge in [-0.25, -0.2) is 4.99 Å². The summed E-state index contributed by atoms with van der Waals surface area (Å²) in [6, 6.07) is 0. The van der Waals surface area contributed by atoms with Crippen molar-refractivity contribution in [3.8, 4) is 0 Å². The number of thioether (sulfide) groups is 1. The first-order chi connectivity index (χ1) is 9.63. The number of hydrogen-bond donors (Lipinski definition) is 2. The van der Waals surface area contributed by atoms with Gasteiger partial charge in [0.1, 0.15) is 12.9 Å². The second-order valence-electron chi connectivity index (χ2n) is 5.31.